The highest BCUT2D eigenvalue weighted by molar-refractivity contribution is 7.13. The van der Waals surface area contributed by atoms with Crippen molar-refractivity contribution in [2.45, 2.75) is 0 Å². The lowest BCUT2D eigenvalue weighted by molar-refractivity contribution is 1.20. The third kappa shape index (κ3) is 1.67. The second kappa shape index (κ2) is 3.53. The Morgan fingerprint density at radius 3 is 3.00 bits per heavy atom. The van der Waals surface area contributed by atoms with Gasteiger partial charge in [0.25, 0.3) is 0 Å². The zero-order chi connectivity index (χ0) is 9.10. The second-order valence-corrected chi connectivity index (χ2v) is 3.46. The van der Waals surface area contributed by atoms with Crippen LogP contribution >= 0.6 is 11.3 Å². The number of nitrogens with zero attached hydrogens (tertiary/aromatic N) is 2. The summed E-state index contributed by atoms with van der Waals surface area (Å²) in [4.78, 5) is 9.61. The van der Waals surface area contributed by atoms with Gasteiger partial charge in [0.2, 0.25) is 0 Å². The Balaban J connectivity index is 2.41. The summed E-state index contributed by atoms with van der Waals surface area (Å²) in [6.07, 6.45) is 3.48. The van der Waals surface area contributed by atoms with Crippen LogP contribution in [0.1, 0.15) is 0 Å². The van der Waals surface area contributed by atoms with E-state index in [-0.39, 0.29) is 0 Å². The zero-order valence-electron chi connectivity index (χ0n) is 7.19. The molecule has 2 heterocycles. The van der Waals surface area contributed by atoms with Gasteiger partial charge in [0.05, 0.1) is 17.3 Å². The Morgan fingerprint density at radius 1 is 1.38 bits per heavy atom. The summed E-state index contributed by atoms with van der Waals surface area (Å²) < 4.78 is 0. The minimum absolute atomic E-state index is 0.797. The largest absolute Gasteiger partial charge is 0.372 e. The van der Waals surface area contributed by atoms with Crippen molar-refractivity contribution in [1.29, 1.82) is 0 Å². The first-order chi connectivity index (χ1) is 6.40. The molecule has 0 saturated carbocycles. The van der Waals surface area contributed by atoms with Crippen molar-refractivity contribution in [3.8, 4) is 10.6 Å². The van der Waals surface area contributed by atoms with E-state index in [1.54, 1.807) is 23.7 Å². The standard InChI is InChI=1S/C9H9N3S/c1-10-9-6-11-5-7(12-9)8-3-2-4-13-8/h2-6H,1H3,(H,10,12). The van der Waals surface area contributed by atoms with Gasteiger partial charge in [0.1, 0.15) is 11.5 Å². The fourth-order valence-corrected chi connectivity index (χ4v) is 1.71. The first-order valence-corrected chi connectivity index (χ1v) is 4.82. The van der Waals surface area contributed by atoms with Crippen LogP contribution in [0.5, 0.6) is 0 Å². The number of rotatable bonds is 2. The van der Waals surface area contributed by atoms with Crippen LogP contribution < -0.4 is 5.32 Å². The molecule has 0 aliphatic rings. The summed E-state index contributed by atoms with van der Waals surface area (Å²) in [7, 11) is 1.84. The summed E-state index contributed by atoms with van der Waals surface area (Å²) in [5.41, 5.74) is 0.918. The highest BCUT2D eigenvalue weighted by atomic mass is 32.1. The maximum Gasteiger partial charge on any atom is 0.145 e. The molecule has 0 saturated heterocycles. The lowest BCUT2D eigenvalue weighted by Crippen LogP contribution is -1.93. The van der Waals surface area contributed by atoms with E-state index in [9.17, 15) is 0 Å². The van der Waals surface area contributed by atoms with E-state index in [0.29, 0.717) is 0 Å². The van der Waals surface area contributed by atoms with Gasteiger partial charge in [-0.2, -0.15) is 0 Å². The Bertz CT molecular complexity index is 384. The molecule has 0 fully saturated rings. The molecular formula is C9H9N3S. The van der Waals surface area contributed by atoms with Crippen molar-refractivity contribution < 1.29 is 0 Å². The normalized spacial score (nSPS) is 9.92. The lowest BCUT2D eigenvalue weighted by Gasteiger charge is -1.99. The summed E-state index contributed by atoms with van der Waals surface area (Å²) in [6, 6.07) is 4.04. The molecule has 4 heteroatoms. The number of aromatic nitrogens is 2. The van der Waals surface area contributed by atoms with E-state index >= 15 is 0 Å². The van der Waals surface area contributed by atoms with E-state index in [1.807, 2.05) is 24.6 Å². The monoisotopic (exact) mass is 191 g/mol. The summed E-state index contributed by atoms with van der Waals surface area (Å²) >= 11 is 1.66. The van der Waals surface area contributed by atoms with Crippen LogP contribution in [0.2, 0.25) is 0 Å². The van der Waals surface area contributed by atoms with Crippen LogP contribution in [0.4, 0.5) is 5.82 Å². The van der Waals surface area contributed by atoms with Gasteiger partial charge in [-0.05, 0) is 11.4 Å². The van der Waals surface area contributed by atoms with Crippen LogP contribution in [0, 0.1) is 0 Å². The molecule has 2 aromatic rings. The third-order valence-corrected chi connectivity index (χ3v) is 2.56. The number of hydrogen-bond donors (Lipinski definition) is 1. The Morgan fingerprint density at radius 2 is 2.31 bits per heavy atom. The van der Waals surface area contributed by atoms with Crippen LogP contribution in [0.3, 0.4) is 0 Å². The van der Waals surface area contributed by atoms with Crippen molar-refractivity contribution >= 4 is 17.2 Å². The highest BCUT2D eigenvalue weighted by Gasteiger charge is 2.00. The minimum atomic E-state index is 0.797. The van der Waals surface area contributed by atoms with Gasteiger partial charge in [-0.1, -0.05) is 6.07 Å². The third-order valence-electron chi connectivity index (χ3n) is 1.66. The van der Waals surface area contributed by atoms with Crippen molar-refractivity contribution in [1.82, 2.24) is 9.97 Å². The second-order valence-electron chi connectivity index (χ2n) is 2.52. The maximum absolute atomic E-state index is 4.37. The molecule has 0 radical (unpaired) electrons. The molecule has 2 rings (SSSR count). The molecule has 13 heavy (non-hydrogen) atoms. The number of thiophene rings is 1. The van der Waals surface area contributed by atoms with E-state index in [1.165, 1.54) is 0 Å². The van der Waals surface area contributed by atoms with Crippen molar-refractivity contribution in [2.24, 2.45) is 0 Å². The summed E-state index contributed by atoms with van der Waals surface area (Å²) in [5.74, 6) is 0.797. The predicted molar refractivity (Wildman–Crippen MR) is 54.9 cm³/mol. The van der Waals surface area contributed by atoms with Gasteiger partial charge >= 0.3 is 0 Å². The van der Waals surface area contributed by atoms with Crippen molar-refractivity contribution in [3.05, 3.63) is 29.9 Å². The van der Waals surface area contributed by atoms with Gasteiger partial charge in [-0.15, -0.1) is 11.3 Å². The first kappa shape index (κ1) is 8.19. The maximum atomic E-state index is 4.37. The number of nitrogens with one attached hydrogen (secondary N) is 1. The molecule has 0 unspecified atom stereocenters. The number of anilines is 1. The predicted octanol–water partition coefficient (Wildman–Crippen LogP) is 2.25. The van der Waals surface area contributed by atoms with E-state index in [2.05, 4.69) is 15.3 Å². The topological polar surface area (TPSA) is 37.8 Å². The smallest absolute Gasteiger partial charge is 0.145 e. The van der Waals surface area contributed by atoms with Gasteiger partial charge in [-0.25, -0.2) is 4.98 Å². The molecule has 0 aromatic carbocycles. The van der Waals surface area contributed by atoms with Crippen LogP contribution in [0.25, 0.3) is 10.6 Å². The van der Waals surface area contributed by atoms with Crippen LogP contribution in [-0.4, -0.2) is 17.0 Å². The average molecular weight is 191 g/mol. The molecular weight excluding hydrogens is 182 g/mol. The Kier molecular flexibility index (Phi) is 2.23. The number of hydrogen-bond acceptors (Lipinski definition) is 4. The molecule has 0 spiro atoms. The lowest BCUT2D eigenvalue weighted by atomic mass is 10.3. The molecule has 0 atom stereocenters. The van der Waals surface area contributed by atoms with Gasteiger partial charge in [0, 0.05) is 7.05 Å². The van der Waals surface area contributed by atoms with E-state index < -0.39 is 0 Å². The molecule has 3 nitrogen and oxygen atoms in total. The summed E-state index contributed by atoms with van der Waals surface area (Å²) in [6.45, 7) is 0. The van der Waals surface area contributed by atoms with E-state index in [4.69, 9.17) is 0 Å². The first-order valence-electron chi connectivity index (χ1n) is 3.94. The SMILES string of the molecule is CNc1cncc(-c2cccs2)n1. The quantitative estimate of drug-likeness (QED) is 0.791. The van der Waals surface area contributed by atoms with Crippen molar-refractivity contribution in [3.63, 3.8) is 0 Å². The van der Waals surface area contributed by atoms with Gasteiger partial charge < -0.3 is 5.32 Å². The van der Waals surface area contributed by atoms with Crippen molar-refractivity contribution in [2.75, 3.05) is 12.4 Å². The highest BCUT2D eigenvalue weighted by Crippen LogP contribution is 2.22. The van der Waals surface area contributed by atoms with Crippen LogP contribution in [-0.2, 0) is 0 Å². The Hall–Kier alpha value is -1.42. The molecule has 2 aromatic heterocycles. The van der Waals surface area contributed by atoms with Crippen LogP contribution in [0.15, 0.2) is 29.9 Å². The molecule has 66 valence electrons. The fourth-order valence-electron chi connectivity index (χ4n) is 1.03. The molecule has 1 N–H and O–H groups in total. The summed E-state index contributed by atoms with van der Waals surface area (Å²) in [5, 5.41) is 4.99. The Labute approximate surface area is 80.5 Å². The minimum Gasteiger partial charge on any atom is -0.372 e. The molecule has 0 aliphatic carbocycles. The molecule has 0 aliphatic heterocycles. The average Bonchev–Trinajstić information content (AvgIpc) is 2.71. The van der Waals surface area contributed by atoms with Gasteiger partial charge in [0.15, 0.2) is 0 Å². The molecule has 0 bridgehead atoms. The molecule has 0 amide bonds. The van der Waals surface area contributed by atoms with E-state index in [0.717, 1.165) is 16.4 Å². The fraction of sp³-hybridized carbons (Fsp3) is 0.111. The zero-order valence-corrected chi connectivity index (χ0v) is 8.01. The van der Waals surface area contributed by atoms with Gasteiger partial charge in [-0.3, -0.25) is 4.98 Å².